The molecule has 35 heteroatoms. The largest absolute Gasteiger partial charge is 0.454 e. The monoisotopic (exact) mass is 1610 g/mol. The Morgan fingerprint density at radius 3 is 1.01 bits per heavy atom. The Hall–Kier alpha value is -13.9. The normalized spacial score (nSPS) is 10.6. The van der Waals surface area contributed by atoms with Crippen LogP contribution in [0, 0.1) is 19.7 Å². The van der Waals surface area contributed by atoms with Crippen molar-refractivity contribution in [3.63, 3.8) is 0 Å². The van der Waals surface area contributed by atoms with Gasteiger partial charge in [0.05, 0.1) is 111 Å². The third-order valence-corrected chi connectivity index (χ3v) is 19.2. The summed E-state index contributed by atoms with van der Waals surface area (Å²) in [7, 11) is 0. The highest BCUT2D eigenvalue weighted by atomic mass is 32.1. The van der Waals surface area contributed by atoms with E-state index in [-0.39, 0.29) is 72.1 Å². The van der Waals surface area contributed by atoms with Crippen molar-refractivity contribution in [1.82, 2.24) is 99.7 Å². The van der Waals surface area contributed by atoms with Gasteiger partial charge in [-0.15, -0.1) is 45.3 Å². The fourth-order valence-electron chi connectivity index (χ4n) is 9.86. The number of carbonyl (C=O) groups excluding carboxylic acids is 5. The van der Waals surface area contributed by atoms with Gasteiger partial charge in [0.2, 0.25) is 0 Å². The van der Waals surface area contributed by atoms with E-state index in [0.717, 1.165) is 43.5 Å². The Morgan fingerprint density at radius 1 is 0.357 bits per heavy atom. The maximum atomic E-state index is 13.1. The molecule has 578 valence electrons. The zero-order chi connectivity index (χ0) is 80.7. The van der Waals surface area contributed by atoms with Crippen LogP contribution in [-0.2, 0) is 43.9 Å². The summed E-state index contributed by atoms with van der Waals surface area (Å²) in [5.74, 6) is 3.89. The molecule has 0 N–H and O–H groups in total. The highest BCUT2D eigenvalue weighted by Gasteiger charge is 2.23. The highest BCUT2D eigenvalue weighted by Crippen LogP contribution is 2.33. The molecule has 0 saturated carbocycles. The molecule has 0 radical (unpaired) electrons. The predicted octanol–water partition coefficient (Wildman–Crippen LogP) is 15.3. The molecular weight excluding hydrogens is 1550 g/mol. The molecule has 0 spiro atoms. The van der Waals surface area contributed by atoms with E-state index in [1.165, 1.54) is 120 Å². The molecule has 30 nitrogen and oxygen atoms in total. The minimum atomic E-state index is -0.433. The van der Waals surface area contributed by atoms with Crippen molar-refractivity contribution in [2.24, 2.45) is 0 Å². The van der Waals surface area contributed by atoms with Crippen molar-refractivity contribution in [3.05, 3.63) is 308 Å². The van der Waals surface area contributed by atoms with Crippen molar-refractivity contribution in [2.75, 3.05) is 0 Å². The van der Waals surface area contributed by atoms with Crippen LogP contribution < -0.4 is 23.7 Å². The molecule has 15 rings (SSSR count). The number of aromatic nitrogens is 20. The van der Waals surface area contributed by atoms with Crippen LogP contribution in [0.3, 0.4) is 0 Å². The van der Waals surface area contributed by atoms with Crippen LogP contribution in [0.1, 0.15) is 128 Å². The summed E-state index contributed by atoms with van der Waals surface area (Å²) < 4.78 is 41.1. The summed E-state index contributed by atoms with van der Waals surface area (Å²) in [4.78, 5) is 143. The quantitative estimate of drug-likeness (QED) is 0.0454. The highest BCUT2D eigenvalue weighted by molar-refractivity contribution is 7.12. The van der Waals surface area contributed by atoms with Gasteiger partial charge in [0.25, 0.3) is 0 Å². The van der Waals surface area contributed by atoms with Crippen molar-refractivity contribution < 1.29 is 52.0 Å². The molecule has 0 fully saturated rings. The molecule has 0 aliphatic carbocycles. The first-order chi connectivity index (χ1) is 55.8. The number of halogens is 1. The van der Waals surface area contributed by atoms with E-state index in [9.17, 15) is 28.4 Å². The van der Waals surface area contributed by atoms with Gasteiger partial charge in [-0.25, -0.2) is 74.2 Å². The predicted molar refractivity (Wildman–Crippen MR) is 422 cm³/mol. The molecule has 0 aliphatic rings. The van der Waals surface area contributed by atoms with Crippen LogP contribution in [0.2, 0.25) is 0 Å². The fraction of sp³-hybridized carbons (Fsp3) is 0.163. The molecule has 0 aliphatic heterocycles. The van der Waals surface area contributed by atoms with E-state index < -0.39 is 5.82 Å². The zero-order valence-electron chi connectivity index (χ0n) is 62.1. The van der Waals surface area contributed by atoms with Gasteiger partial charge in [0.1, 0.15) is 115 Å². The molecule has 115 heavy (non-hydrogen) atoms. The summed E-state index contributed by atoms with van der Waals surface area (Å²) in [6.07, 6.45) is 34.9. The second-order valence-electron chi connectivity index (χ2n) is 24.9. The average Bonchev–Trinajstić information content (AvgIpc) is 1.70. The number of carbonyl (C=O) groups is 5. The van der Waals surface area contributed by atoms with Crippen LogP contribution in [0.25, 0.3) is 0 Å². The first-order valence-corrected chi connectivity index (χ1v) is 38.2. The van der Waals surface area contributed by atoms with Gasteiger partial charge >= 0.3 is 0 Å². The summed E-state index contributed by atoms with van der Waals surface area (Å²) in [6, 6.07) is 18.7. The molecule has 0 atom stereocenters. The number of thiazole rings is 4. The van der Waals surface area contributed by atoms with Crippen LogP contribution in [0.4, 0.5) is 4.39 Å². The Morgan fingerprint density at radius 2 is 0.696 bits per heavy atom. The van der Waals surface area contributed by atoms with Crippen LogP contribution in [-0.4, -0.2) is 129 Å². The van der Waals surface area contributed by atoms with Gasteiger partial charge in [-0.3, -0.25) is 53.9 Å². The molecule has 15 aromatic heterocycles. The van der Waals surface area contributed by atoms with E-state index >= 15 is 0 Å². The second kappa shape index (κ2) is 41.4. The SMILES string of the molecule is CCc1csc(CC(=O)c2cc(Oc3cncnc3)ccn2)n1.Cc1csc(CC(=O)c2cc(Oc3cncnc3)ccn2)n1.Cc1nc(CC(=O)c2cc(Oc3cncnc3)ccn2)sc1C(C)(C)C.O=C(Cc1cc(F)ccn1)c1cc(Oc2cncnc2)ccn1.O=C(Cc1nccs1)c1cc(Oc2cncnc2)ccn1. The number of nitrogens with zero attached hydrogens (tertiary/aromatic N) is 20. The zero-order valence-corrected chi connectivity index (χ0v) is 65.4. The maximum Gasteiger partial charge on any atom is 0.188 e. The molecular formula is C80H67FN20O10S4. The average molecular weight is 1620 g/mol. The van der Waals surface area contributed by atoms with Crippen LogP contribution >= 0.6 is 45.3 Å². The minimum absolute atomic E-state index is 0.0206. The van der Waals surface area contributed by atoms with Crippen LogP contribution in [0.5, 0.6) is 57.5 Å². The molecule has 0 unspecified atom stereocenters. The molecule has 15 heterocycles. The number of Topliss-reactive ketones (excluding diaryl/α,β-unsaturated/α-hetero) is 5. The summed E-state index contributed by atoms with van der Waals surface area (Å²) in [5, 5.41) is 8.90. The lowest BCUT2D eigenvalue weighted by molar-refractivity contribution is 0.0979. The topological polar surface area (TPSA) is 389 Å². The smallest absolute Gasteiger partial charge is 0.188 e. The minimum Gasteiger partial charge on any atom is -0.454 e. The van der Waals surface area contributed by atoms with E-state index in [1.54, 1.807) is 140 Å². The first kappa shape index (κ1) is 82.1. The van der Waals surface area contributed by atoms with Crippen molar-refractivity contribution in [3.8, 4) is 57.5 Å². The van der Waals surface area contributed by atoms with Crippen molar-refractivity contribution >= 4 is 74.3 Å². The van der Waals surface area contributed by atoms with E-state index in [1.807, 2.05) is 36.9 Å². The lowest BCUT2D eigenvalue weighted by atomic mass is 9.93. The molecule has 15 aromatic rings. The number of hydrogen-bond donors (Lipinski definition) is 0. The number of rotatable bonds is 26. The summed E-state index contributed by atoms with van der Waals surface area (Å²) >= 11 is 6.00. The standard InChI is InChI=1S/C19H20N4O2S.C16H11FN4O2.C16H14N4O2S.C15H12N4O2S.C14H10N4O2S/c1-12-18(19(2,3)4)26-17(23-12)8-16(24)15-7-13(5-6-22-15)25-14-9-20-11-21-10-14;17-11-1-3-20-12(5-11)6-16(22)15-7-13(2-4-21-15)23-14-8-18-10-19-9-14;1-2-11-9-23-16(20-11)6-15(21)14-5-12(3-4-19-14)22-13-7-17-10-18-8-13;1-10-8-22-15(19-10)5-14(20)13-4-11(2-3-18-13)21-12-6-16-9-17-7-12;19-13(6-14-18-3-4-21-14)12-5-10(1-2-17-12)20-11-7-15-9-16-8-11/h5-7,9-11H,8H2,1-4H3;1-5,7-10H,6H2;3-5,7-10H,2,6H2,1H3;2-4,6-9H,5H2,1H3;1-5,7-9H,6H2. The van der Waals surface area contributed by atoms with Gasteiger partial charge in [-0.2, -0.15) is 0 Å². The van der Waals surface area contributed by atoms with Gasteiger partial charge in [-0.1, -0.05) is 27.7 Å². The van der Waals surface area contributed by atoms with Gasteiger partial charge in [-0.05, 0) is 68.1 Å². The molecule has 0 aromatic carbocycles. The summed E-state index contributed by atoms with van der Waals surface area (Å²) in [5.41, 5.74) is 4.89. The lowest BCUT2D eigenvalue weighted by Crippen LogP contribution is -2.10. The van der Waals surface area contributed by atoms with Gasteiger partial charge in [0.15, 0.2) is 57.7 Å². The first-order valence-electron chi connectivity index (χ1n) is 34.7. The lowest BCUT2D eigenvalue weighted by Gasteiger charge is -2.16. The van der Waals surface area contributed by atoms with Crippen molar-refractivity contribution in [2.45, 2.75) is 85.5 Å². The Labute approximate surface area is 672 Å². The molecule has 0 bridgehead atoms. The number of ether oxygens (including phenoxy) is 5. The number of pyridine rings is 6. The van der Waals surface area contributed by atoms with Gasteiger partial charge < -0.3 is 23.7 Å². The van der Waals surface area contributed by atoms with Crippen molar-refractivity contribution in [1.29, 1.82) is 0 Å². The Bertz CT molecular complexity index is 5690. The summed E-state index contributed by atoms with van der Waals surface area (Å²) in [6.45, 7) is 12.4. The number of hydrogen-bond acceptors (Lipinski definition) is 34. The van der Waals surface area contributed by atoms with E-state index in [2.05, 4.69) is 120 Å². The number of ketones is 5. The van der Waals surface area contributed by atoms with Gasteiger partial charge in [0, 0.05) is 100 Å². The fourth-order valence-corrected chi connectivity index (χ4v) is 13.2. The number of aryl methyl sites for hydroxylation is 3. The third kappa shape index (κ3) is 26.4. The van der Waals surface area contributed by atoms with Crippen LogP contribution in [0.15, 0.2) is 226 Å². The third-order valence-electron chi connectivity index (χ3n) is 14.9. The maximum absolute atomic E-state index is 13.1. The van der Waals surface area contributed by atoms with E-state index in [4.69, 9.17) is 23.7 Å². The Balaban J connectivity index is 0.000000142. The Kier molecular flexibility index (Phi) is 29.5. The molecule has 0 amide bonds. The second-order valence-corrected chi connectivity index (χ2v) is 28.8. The van der Waals surface area contributed by atoms with E-state index in [0.29, 0.717) is 86.0 Å². The molecule has 0 saturated heterocycles.